The van der Waals surface area contributed by atoms with E-state index in [9.17, 15) is 13.2 Å². The minimum absolute atomic E-state index is 0.112. The van der Waals surface area contributed by atoms with E-state index in [1.165, 1.54) is 6.20 Å². The second-order valence-electron chi connectivity index (χ2n) is 3.43. The molecular weight excluding hydrogens is 205 g/mol. The second-order valence-corrected chi connectivity index (χ2v) is 3.43. The Kier molecular flexibility index (Phi) is 3.68. The molecule has 1 atom stereocenters. The highest BCUT2D eigenvalue weighted by Crippen LogP contribution is 2.29. The fraction of sp³-hybridized carbons (Fsp3) is 0.500. The van der Waals surface area contributed by atoms with Gasteiger partial charge in [0.1, 0.15) is 0 Å². The first-order valence-electron chi connectivity index (χ1n) is 4.63. The average molecular weight is 218 g/mol. The monoisotopic (exact) mass is 218 g/mol. The molecule has 1 N–H and O–H groups in total. The zero-order valence-corrected chi connectivity index (χ0v) is 8.60. The summed E-state index contributed by atoms with van der Waals surface area (Å²) >= 11 is 0. The quantitative estimate of drug-likeness (QED) is 0.841. The van der Waals surface area contributed by atoms with Crippen LogP contribution >= 0.6 is 0 Å². The lowest BCUT2D eigenvalue weighted by Crippen LogP contribution is -2.24. The summed E-state index contributed by atoms with van der Waals surface area (Å²) in [4.78, 5) is 3.90. The van der Waals surface area contributed by atoms with Crippen LogP contribution in [0.4, 0.5) is 13.2 Å². The molecule has 0 bridgehead atoms. The molecule has 0 aliphatic heterocycles. The van der Waals surface area contributed by atoms with Crippen LogP contribution in [0.15, 0.2) is 18.3 Å². The normalized spacial score (nSPS) is 13.9. The molecule has 0 amide bonds. The molecule has 0 fully saturated rings. The van der Waals surface area contributed by atoms with E-state index in [0.29, 0.717) is 12.1 Å². The Morgan fingerprint density at radius 2 is 2.13 bits per heavy atom. The summed E-state index contributed by atoms with van der Waals surface area (Å²) in [6, 6.07) is 2.18. The minimum Gasteiger partial charge on any atom is -0.317 e. The fourth-order valence-electron chi connectivity index (χ4n) is 1.18. The largest absolute Gasteiger partial charge is 0.416 e. The van der Waals surface area contributed by atoms with Crippen molar-refractivity contribution in [2.45, 2.75) is 25.6 Å². The number of hydrogen-bond donors (Lipinski definition) is 1. The molecule has 0 radical (unpaired) electrons. The molecular formula is C10H13F3N2. The Balaban J connectivity index is 2.84. The van der Waals surface area contributed by atoms with Gasteiger partial charge in [-0.05, 0) is 26.1 Å². The van der Waals surface area contributed by atoms with Crippen LogP contribution in [-0.4, -0.2) is 18.1 Å². The van der Waals surface area contributed by atoms with E-state index in [0.717, 1.165) is 12.1 Å². The van der Waals surface area contributed by atoms with Crippen LogP contribution in [0.2, 0.25) is 0 Å². The lowest BCUT2D eigenvalue weighted by molar-refractivity contribution is -0.137. The van der Waals surface area contributed by atoms with Gasteiger partial charge in [0.15, 0.2) is 0 Å². The Morgan fingerprint density at radius 3 is 2.67 bits per heavy atom. The van der Waals surface area contributed by atoms with Gasteiger partial charge >= 0.3 is 6.18 Å². The average Bonchev–Trinajstić information content (AvgIpc) is 2.17. The van der Waals surface area contributed by atoms with Crippen molar-refractivity contribution >= 4 is 0 Å². The number of hydrogen-bond acceptors (Lipinski definition) is 2. The van der Waals surface area contributed by atoms with E-state index < -0.39 is 11.7 Å². The fourth-order valence-corrected chi connectivity index (χ4v) is 1.18. The Morgan fingerprint density at radius 1 is 1.47 bits per heavy atom. The summed E-state index contributed by atoms with van der Waals surface area (Å²) in [6.45, 7) is 1.89. The number of pyridine rings is 1. The van der Waals surface area contributed by atoms with Gasteiger partial charge in [-0.3, -0.25) is 4.98 Å². The van der Waals surface area contributed by atoms with Crippen molar-refractivity contribution in [1.82, 2.24) is 10.3 Å². The summed E-state index contributed by atoms with van der Waals surface area (Å²) in [5.74, 6) is 0. The highest BCUT2D eigenvalue weighted by atomic mass is 19.4. The first kappa shape index (κ1) is 12.0. The van der Waals surface area contributed by atoms with Gasteiger partial charge in [0.25, 0.3) is 0 Å². The molecule has 0 aromatic carbocycles. The molecule has 5 heteroatoms. The van der Waals surface area contributed by atoms with Crippen LogP contribution in [0.5, 0.6) is 0 Å². The summed E-state index contributed by atoms with van der Waals surface area (Å²) < 4.78 is 37.0. The van der Waals surface area contributed by atoms with E-state index in [1.54, 1.807) is 7.05 Å². The lowest BCUT2D eigenvalue weighted by Gasteiger charge is -2.11. The maximum atomic E-state index is 12.3. The van der Waals surface area contributed by atoms with Crippen LogP contribution in [0.25, 0.3) is 0 Å². The summed E-state index contributed by atoms with van der Waals surface area (Å²) in [5, 5.41) is 2.95. The van der Waals surface area contributed by atoms with Crippen molar-refractivity contribution in [3.8, 4) is 0 Å². The third-order valence-electron chi connectivity index (χ3n) is 2.15. The SMILES string of the molecule is CNC(C)Cc1cc(C(F)(F)F)ccn1. The van der Waals surface area contributed by atoms with Crippen molar-refractivity contribution < 1.29 is 13.2 Å². The Bertz CT molecular complexity index is 323. The summed E-state index contributed by atoms with van der Waals surface area (Å²) in [7, 11) is 1.76. The van der Waals surface area contributed by atoms with Gasteiger partial charge in [0, 0.05) is 24.4 Å². The Labute approximate surface area is 86.5 Å². The molecule has 0 saturated carbocycles. The number of nitrogens with one attached hydrogen (secondary N) is 1. The van der Waals surface area contributed by atoms with E-state index in [2.05, 4.69) is 10.3 Å². The predicted molar refractivity (Wildman–Crippen MR) is 51.5 cm³/mol. The number of nitrogens with zero attached hydrogens (tertiary/aromatic N) is 1. The zero-order valence-electron chi connectivity index (χ0n) is 8.60. The number of likely N-dealkylation sites (N-methyl/N-ethyl adjacent to an activating group) is 1. The highest BCUT2D eigenvalue weighted by Gasteiger charge is 2.30. The van der Waals surface area contributed by atoms with Gasteiger partial charge in [0.2, 0.25) is 0 Å². The van der Waals surface area contributed by atoms with Crippen LogP contribution in [-0.2, 0) is 12.6 Å². The summed E-state index contributed by atoms with van der Waals surface area (Å²) in [5.41, 5.74) is -0.192. The van der Waals surface area contributed by atoms with Gasteiger partial charge in [-0.1, -0.05) is 0 Å². The molecule has 1 aromatic heterocycles. The molecule has 0 saturated heterocycles. The molecule has 1 unspecified atom stereocenters. The first-order chi connectivity index (χ1) is 6.93. The smallest absolute Gasteiger partial charge is 0.317 e. The van der Waals surface area contributed by atoms with E-state index in [-0.39, 0.29) is 6.04 Å². The van der Waals surface area contributed by atoms with Gasteiger partial charge in [-0.25, -0.2) is 0 Å². The molecule has 1 rings (SSSR count). The van der Waals surface area contributed by atoms with E-state index >= 15 is 0 Å². The highest BCUT2D eigenvalue weighted by molar-refractivity contribution is 5.19. The second kappa shape index (κ2) is 4.61. The molecule has 0 aliphatic rings. The van der Waals surface area contributed by atoms with Crippen LogP contribution in [0, 0.1) is 0 Å². The maximum absolute atomic E-state index is 12.3. The third kappa shape index (κ3) is 3.51. The van der Waals surface area contributed by atoms with Crippen LogP contribution in [0.1, 0.15) is 18.2 Å². The van der Waals surface area contributed by atoms with Crippen molar-refractivity contribution in [2.75, 3.05) is 7.05 Å². The van der Waals surface area contributed by atoms with Crippen LogP contribution < -0.4 is 5.32 Å². The molecule has 84 valence electrons. The topological polar surface area (TPSA) is 24.9 Å². The minimum atomic E-state index is -4.29. The Hall–Kier alpha value is -1.10. The van der Waals surface area contributed by atoms with Gasteiger partial charge in [-0.2, -0.15) is 13.2 Å². The molecule has 1 aromatic rings. The molecule has 2 nitrogen and oxygen atoms in total. The standard InChI is InChI=1S/C10H13F3N2/c1-7(14-2)5-9-6-8(3-4-15-9)10(11,12)13/h3-4,6-7,14H,5H2,1-2H3. The summed E-state index contributed by atoms with van der Waals surface area (Å²) in [6.07, 6.45) is -2.61. The number of halogens is 3. The maximum Gasteiger partial charge on any atom is 0.416 e. The molecule has 1 heterocycles. The van der Waals surface area contributed by atoms with Crippen LogP contribution in [0.3, 0.4) is 0 Å². The third-order valence-corrected chi connectivity index (χ3v) is 2.15. The number of aromatic nitrogens is 1. The van der Waals surface area contributed by atoms with E-state index in [1.807, 2.05) is 6.92 Å². The molecule has 0 spiro atoms. The lowest BCUT2D eigenvalue weighted by atomic mass is 10.1. The van der Waals surface area contributed by atoms with Gasteiger partial charge in [-0.15, -0.1) is 0 Å². The molecule has 0 aliphatic carbocycles. The zero-order chi connectivity index (χ0) is 11.5. The van der Waals surface area contributed by atoms with Crippen molar-refractivity contribution in [1.29, 1.82) is 0 Å². The molecule has 15 heavy (non-hydrogen) atoms. The van der Waals surface area contributed by atoms with Gasteiger partial charge in [0.05, 0.1) is 5.56 Å². The van der Waals surface area contributed by atoms with Crippen molar-refractivity contribution in [3.63, 3.8) is 0 Å². The van der Waals surface area contributed by atoms with Gasteiger partial charge < -0.3 is 5.32 Å². The number of alkyl halides is 3. The first-order valence-corrected chi connectivity index (χ1v) is 4.63. The van der Waals surface area contributed by atoms with Crippen molar-refractivity contribution in [3.05, 3.63) is 29.6 Å². The van der Waals surface area contributed by atoms with E-state index in [4.69, 9.17) is 0 Å². The predicted octanol–water partition coefficient (Wildman–Crippen LogP) is 2.25. The van der Waals surface area contributed by atoms with Crippen molar-refractivity contribution in [2.24, 2.45) is 0 Å². The number of rotatable bonds is 3.